The van der Waals surface area contributed by atoms with Gasteiger partial charge in [-0.25, -0.2) is 4.79 Å². The topological polar surface area (TPSA) is 66.0 Å². The maximum atomic E-state index is 10.7. The van der Waals surface area contributed by atoms with Crippen LogP contribution in [0.4, 0.5) is 0 Å². The van der Waals surface area contributed by atoms with E-state index in [1.54, 1.807) is 18.5 Å². The molecular formula is C11H10LiN2O2. The molecule has 0 atom stereocenters. The third-order valence-corrected chi connectivity index (χ3v) is 2.14. The third kappa shape index (κ3) is 2.54. The van der Waals surface area contributed by atoms with Crippen LogP contribution < -0.4 is 0 Å². The van der Waals surface area contributed by atoms with Crippen molar-refractivity contribution in [3.8, 4) is 11.1 Å². The van der Waals surface area contributed by atoms with E-state index in [1.807, 2.05) is 19.1 Å². The Kier molecular flexibility index (Phi) is 3.94. The number of carboxylic acids is 1. The quantitative estimate of drug-likeness (QED) is 0.740. The van der Waals surface area contributed by atoms with E-state index in [1.165, 1.54) is 0 Å². The number of aromatic carboxylic acids is 1. The molecule has 4 nitrogen and oxygen atoms in total. The summed E-state index contributed by atoms with van der Waals surface area (Å²) in [6, 6.07) is 5.37. The maximum Gasteiger partial charge on any atom is 0.352 e. The summed E-state index contributed by atoms with van der Waals surface area (Å²) < 4.78 is 0. The second-order valence-electron chi connectivity index (χ2n) is 3.29. The molecule has 2 rings (SSSR count). The van der Waals surface area contributed by atoms with Crippen molar-refractivity contribution in [2.45, 2.75) is 6.92 Å². The summed E-state index contributed by atoms with van der Waals surface area (Å²) in [7, 11) is 0. The number of nitrogens with zero attached hydrogens (tertiary/aromatic N) is 1. The second kappa shape index (κ2) is 5.02. The van der Waals surface area contributed by atoms with Crippen molar-refractivity contribution in [3.63, 3.8) is 0 Å². The molecule has 5 heteroatoms. The molecule has 2 aromatic heterocycles. The van der Waals surface area contributed by atoms with Crippen molar-refractivity contribution in [1.29, 1.82) is 0 Å². The van der Waals surface area contributed by atoms with Gasteiger partial charge in [0, 0.05) is 42.5 Å². The first-order valence-electron chi connectivity index (χ1n) is 4.51. The number of H-pyrrole nitrogens is 1. The van der Waals surface area contributed by atoms with Crippen LogP contribution in [0.25, 0.3) is 11.1 Å². The normalized spacial score (nSPS) is 9.56. The van der Waals surface area contributed by atoms with E-state index in [2.05, 4.69) is 9.97 Å². The number of hydrogen-bond acceptors (Lipinski definition) is 2. The minimum atomic E-state index is -0.952. The molecule has 1 radical (unpaired) electrons. The van der Waals surface area contributed by atoms with Crippen LogP contribution in [0.3, 0.4) is 0 Å². The second-order valence-corrected chi connectivity index (χ2v) is 3.29. The number of aromatic nitrogens is 2. The first-order chi connectivity index (χ1) is 7.16. The number of carbonyl (C=O) groups is 1. The Morgan fingerprint density at radius 3 is 2.69 bits per heavy atom. The maximum absolute atomic E-state index is 10.7. The number of aryl methyl sites for hydroxylation is 1. The van der Waals surface area contributed by atoms with E-state index < -0.39 is 5.97 Å². The summed E-state index contributed by atoms with van der Waals surface area (Å²) in [5, 5.41) is 8.76. The Morgan fingerprint density at radius 2 is 2.12 bits per heavy atom. The van der Waals surface area contributed by atoms with E-state index >= 15 is 0 Å². The summed E-state index contributed by atoms with van der Waals surface area (Å²) >= 11 is 0. The zero-order valence-corrected chi connectivity index (χ0v) is 9.19. The molecule has 77 valence electrons. The smallest absolute Gasteiger partial charge is 0.352 e. The van der Waals surface area contributed by atoms with Crippen molar-refractivity contribution in [2.75, 3.05) is 0 Å². The Labute approximate surface area is 105 Å². The molecule has 0 bridgehead atoms. The van der Waals surface area contributed by atoms with Crippen LogP contribution in [0.1, 0.15) is 16.2 Å². The van der Waals surface area contributed by atoms with E-state index in [0.29, 0.717) is 0 Å². The molecule has 0 amide bonds. The fourth-order valence-corrected chi connectivity index (χ4v) is 1.41. The van der Waals surface area contributed by atoms with Gasteiger partial charge in [0.25, 0.3) is 0 Å². The van der Waals surface area contributed by atoms with Crippen LogP contribution in [0.2, 0.25) is 0 Å². The van der Waals surface area contributed by atoms with E-state index in [4.69, 9.17) is 5.11 Å². The van der Waals surface area contributed by atoms with Gasteiger partial charge in [-0.1, -0.05) is 0 Å². The van der Waals surface area contributed by atoms with Crippen molar-refractivity contribution >= 4 is 24.8 Å². The summed E-state index contributed by atoms with van der Waals surface area (Å²) in [6.07, 6.45) is 3.39. The van der Waals surface area contributed by atoms with E-state index in [9.17, 15) is 4.79 Å². The molecule has 0 aliphatic rings. The first-order valence-corrected chi connectivity index (χ1v) is 4.51. The van der Waals surface area contributed by atoms with Crippen LogP contribution in [0, 0.1) is 6.92 Å². The van der Waals surface area contributed by atoms with Gasteiger partial charge in [-0.15, -0.1) is 0 Å². The van der Waals surface area contributed by atoms with Gasteiger partial charge < -0.3 is 10.1 Å². The van der Waals surface area contributed by atoms with Crippen LogP contribution in [0.15, 0.2) is 30.6 Å². The average molecular weight is 209 g/mol. The van der Waals surface area contributed by atoms with Gasteiger partial charge in [0.1, 0.15) is 5.69 Å². The Bertz CT molecular complexity index is 508. The van der Waals surface area contributed by atoms with Crippen LogP contribution in [0.5, 0.6) is 0 Å². The monoisotopic (exact) mass is 209 g/mol. The minimum absolute atomic E-state index is 0. The summed E-state index contributed by atoms with van der Waals surface area (Å²) in [4.78, 5) is 17.5. The molecule has 2 N–H and O–H groups in total. The molecule has 0 saturated carbocycles. The molecule has 0 unspecified atom stereocenters. The number of hydrogen-bond donors (Lipinski definition) is 2. The molecule has 0 saturated heterocycles. The fraction of sp³-hybridized carbons (Fsp3) is 0.0909. The summed E-state index contributed by atoms with van der Waals surface area (Å²) in [6.45, 7) is 1.90. The van der Waals surface area contributed by atoms with Gasteiger partial charge >= 0.3 is 5.97 Å². The van der Waals surface area contributed by atoms with Gasteiger partial charge in [-0.2, -0.15) is 0 Å². The first kappa shape index (κ1) is 12.6. The number of carboxylic acid groups (broad SMARTS) is 1. The number of nitrogens with one attached hydrogen (secondary N) is 1. The largest absolute Gasteiger partial charge is 0.477 e. The zero-order chi connectivity index (χ0) is 10.8. The Morgan fingerprint density at radius 1 is 1.38 bits per heavy atom. The molecule has 0 aliphatic heterocycles. The number of aromatic amines is 1. The SMILES string of the molecule is Cc1cc(-c2c[nH]c(C(=O)O)c2)ccn1.[Li]. The van der Waals surface area contributed by atoms with Gasteiger partial charge in [0.15, 0.2) is 0 Å². The number of rotatable bonds is 2. The van der Waals surface area contributed by atoms with E-state index in [-0.39, 0.29) is 24.6 Å². The van der Waals surface area contributed by atoms with Gasteiger partial charge in [0.05, 0.1) is 0 Å². The zero-order valence-electron chi connectivity index (χ0n) is 9.19. The third-order valence-electron chi connectivity index (χ3n) is 2.14. The van der Waals surface area contributed by atoms with Crippen LogP contribution in [-0.4, -0.2) is 39.9 Å². The molecular weight excluding hydrogens is 199 g/mol. The van der Waals surface area contributed by atoms with Gasteiger partial charge in [0.2, 0.25) is 0 Å². The Balaban J connectivity index is 0.00000128. The summed E-state index contributed by atoms with van der Waals surface area (Å²) in [5.74, 6) is -0.952. The molecule has 16 heavy (non-hydrogen) atoms. The average Bonchev–Trinajstić information content (AvgIpc) is 2.66. The molecule has 0 fully saturated rings. The van der Waals surface area contributed by atoms with Crippen LogP contribution >= 0.6 is 0 Å². The molecule has 0 spiro atoms. The van der Waals surface area contributed by atoms with Crippen molar-refractivity contribution in [2.24, 2.45) is 0 Å². The number of pyridine rings is 1. The standard InChI is InChI=1S/C11H10N2O2.Li/c1-7-4-8(2-3-12-7)9-5-10(11(14)15)13-6-9;/h2-6,13H,1H3,(H,14,15);. The predicted octanol–water partition coefficient (Wildman–Crippen LogP) is 1.70. The molecule has 2 aromatic rings. The Hall–Kier alpha value is -1.50. The predicted molar refractivity (Wildman–Crippen MR) is 61.5 cm³/mol. The van der Waals surface area contributed by atoms with Crippen molar-refractivity contribution in [3.05, 3.63) is 42.0 Å². The van der Waals surface area contributed by atoms with Crippen molar-refractivity contribution < 1.29 is 9.90 Å². The molecule has 0 aromatic carbocycles. The minimum Gasteiger partial charge on any atom is -0.477 e. The van der Waals surface area contributed by atoms with Gasteiger partial charge in [-0.3, -0.25) is 4.98 Å². The van der Waals surface area contributed by atoms with Gasteiger partial charge in [-0.05, 0) is 30.7 Å². The molecule has 2 heterocycles. The fourth-order valence-electron chi connectivity index (χ4n) is 1.41. The van der Waals surface area contributed by atoms with Crippen LogP contribution in [-0.2, 0) is 0 Å². The summed E-state index contributed by atoms with van der Waals surface area (Å²) in [5.41, 5.74) is 2.93. The molecule has 0 aliphatic carbocycles. The van der Waals surface area contributed by atoms with E-state index in [0.717, 1.165) is 16.8 Å². The van der Waals surface area contributed by atoms with Crippen molar-refractivity contribution in [1.82, 2.24) is 9.97 Å².